The van der Waals surface area contributed by atoms with Crippen molar-refractivity contribution in [3.63, 3.8) is 0 Å². The van der Waals surface area contributed by atoms with Gasteiger partial charge >= 0.3 is 0 Å². The Balaban J connectivity index is 2.55. The summed E-state index contributed by atoms with van der Waals surface area (Å²) in [5.41, 5.74) is 0.950. The Hall–Kier alpha value is -1.29. The largest absolute Gasteiger partial charge is 0.387 e. The minimum Gasteiger partial charge on any atom is -0.387 e. The number of thiol groups is 1. The van der Waals surface area contributed by atoms with Crippen LogP contribution in [0, 0.1) is 11.2 Å². The van der Waals surface area contributed by atoms with Gasteiger partial charge in [-0.1, -0.05) is 6.07 Å². The maximum Gasteiger partial charge on any atom is 0.136 e. The maximum absolute atomic E-state index is 12.8. The molecule has 0 fully saturated rings. The van der Waals surface area contributed by atoms with Crippen LogP contribution in [-0.4, -0.2) is 6.21 Å². The van der Waals surface area contributed by atoms with Gasteiger partial charge in [0.05, 0.1) is 0 Å². The Morgan fingerprint density at radius 2 is 2.29 bits per heavy atom. The molecule has 0 bridgehead atoms. The molecule has 0 radical (unpaired) electrons. The van der Waals surface area contributed by atoms with Gasteiger partial charge in [0.1, 0.15) is 5.82 Å². The van der Waals surface area contributed by atoms with E-state index < -0.39 is 0 Å². The van der Waals surface area contributed by atoms with E-state index in [-0.39, 0.29) is 5.82 Å². The minimum absolute atomic E-state index is 0.313. The number of hydrogen-bond acceptors (Lipinski definition) is 3. The lowest BCUT2D eigenvalue weighted by Gasteiger charge is -2.02. The highest BCUT2D eigenvalue weighted by atomic mass is 32.1. The third-order valence-electron chi connectivity index (χ3n) is 1.63. The van der Waals surface area contributed by atoms with Gasteiger partial charge in [-0.05, 0) is 30.0 Å². The molecule has 0 heterocycles. The van der Waals surface area contributed by atoms with E-state index in [1.54, 1.807) is 24.4 Å². The normalized spacial score (nSPS) is 10.4. The van der Waals surface area contributed by atoms with E-state index in [1.807, 2.05) is 0 Å². The Morgan fingerprint density at radius 3 is 2.93 bits per heavy atom. The van der Waals surface area contributed by atoms with Crippen molar-refractivity contribution < 1.29 is 4.39 Å². The number of nitrogens with one attached hydrogen (secondary N) is 2. The molecule has 0 aliphatic heterocycles. The summed E-state index contributed by atoms with van der Waals surface area (Å²) in [5, 5.41) is 9.70. The van der Waals surface area contributed by atoms with Crippen molar-refractivity contribution in [2.75, 3.05) is 0 Å². The number of hydrogen-bond donors (Lipinski definition) is 3. The molecule has 2 N–H and O–H groups in total. The topological polar surface area (TPSA) is 35.9 Å². The first-order chi connectivity index (χ1) is 6.74. The van der Waals surface area contributed by atoms with E-state index >= 15 is 0 Å². The van der Waals surface area contributed by atoms with E-state index in [4.69, 9.17) is 5.41 Å². The van der Waals surface area contributed by atoms with Crippen molar-refractivity contribution in [3.05, 3.63) is 41.9 Å². The van der Waals surface area contributed by atoms with Crippen LogP contribution in [0.3, 0.4) is 0 Å². The summed E-state index contributed by atoms with van der Waals surface area (Å²) < 4.78 is 12.8. The van der Waals surface area contributed by atoms with Crippen LogP contribution in [0.15, 0.2) is 35.4 Å². The van der Waals surface area contributed by atoms with Crippen LogP contribution in [0.5, 0.6) is 0 Å². The summed E-state index contributed by atoms with van der Waals surface area (Å²) in [6.07, 6.45) is 4.42. The van der Waals surface area contributed by atoms with E-state index in [1.165, 1.54) is 12.3 Å². The van der Waals surface area contributed by atoms with E-state index in [2.05, 4.69) is 17.9 Å². The van der Waals surface area contributed by atoms with Crippen molar-refractivity contribution >= 4 is 18.8 Å². The zero-order valence-electron chi connectivity index (χ0n) is 7.50. The summed E-state index contributed by atoms with van der Waals surface area (Å²) in [4.78, 5) is 0.348. The second-order valence-electron chi connectivity index (χ2n) is 2.69. The van der Waals surface area contributed by atoms with Crippen LogP contribution in [0.2, 0.25) is 0 Å². The van der Waals surface area contributed by atoms with Crippen molar-refractivity contribution in [1.82, 2.24) is 5.32 Å². The smallest absolute Gasteiger partial charge is 0.136 e. The summed E-state index contributed by atoms with van der Waals surface area (Å²) >= 11 is 3.97. The van der Waals surface area contributed by atoms with E-state index in [0.717, 1.165) is 5.56 Å². The number of rotatable bonds is 4. The molecule has 74 valence electrons. The molecule has 0 saturated heterocycles. The van der Waals surface area contributed by atoms with Gasteiger partial charge in [0, 0.05) is 17.7 Å². The van der Waals surface area contributed by atoms with Gasteiger partial charge in [0.25, 0.3) is 0 Å². The third kappa shape index (κ3) is 3.22. The second-order valence-corrected chi connectivity index (χ2v) is 3.17. The van der Waals surface area contributed by atoms with Crippen molar-refractivity contribution in [2.45, 2.75) is 11.4 Å². The standard InChI is InChI=1S/C10H11FN2S/c11-9-3-2-8(6-10(9)14)7-13-5-1-4-12/h1-6,12-14H,7H2/b5-1-,12-4?. The van der Waals surface area contributed by atoms with E-state index in [9.17, 15) is 4.39 Å². The van der Waals surface area contributed by atoms with Crippen LogP contribution in [0.25, 0.3) is 0 Å². The predicted octanol–water partition coefficient (Wildman–Crippen LogP) is 2.37. The van der Waals surface area contributed by atoms with Crippen LogP contribution in [0.4, 0.5) is 4.39 Å². The Bertz CT molecular complexity index is 350. The molecule has 1 aromatic carbocycles. The lowest BCUT2D eigenvalue weighted by Crippen LogP contribution is -2.04. The van der Waals surface area contributed by atoms with Gasteiger partial charge in [-0.2, -0.15) is 0 Å². The molecule has 0 spiro atoms. The molecule has 0 aromatic heterocycles. The fraction of sp³-hybridized carbons (Fsp3) is 0.100. The average molecular weight is 210 g/mol. The van der Waals surface area contributed by atoms with Crippen molar-refractivity contribution in [3.8, 4) is 0 Å². The van der Waals surface area contributed by atoms with Gasteiger partial charge in [-0.3, -0.25) is 0 Å². The molecule has 0 atom stereocenters. The highest BCUT2D eigenvalue weighted by Crippen LogP contribution is 2.13. The number of benzene rings is 1. The van der Waals surface area contributed by atoms with Crippen LogP contribution in [-0.2, 0) is 6.54 Å². The lowest BCUT2D eigenvalue weighted by atomic mass is 10.2. The van der Waals surface area contributed by atoms with E-state index in [0.29, 0.717) is 11.4 Å². The fourth-order valence-corrected chi connectivity index (χ4v) is 1.20. The molecular weight excluding hydrogens is 199 g/mol. The molecular formula is C10H11FN2S. The third-order valence-corrected chi connectivity index (χ3v) is 1.97. The molecule has 0 aliphatic rings. The molecule has 4 heteroatoms. The van der Waals surface area contributed by atoms with Gasteiger partial charge < -0.3 is 10.7 Å². The first kappa shape index (κ1) is 10.8. The monoisotopic (exact) mass is 210 g/mol. The van der Waals surface area contributed by atoms with Gasteiger partial charge in [-0.15, -0.1) is 12.6 Å². The predicted molar refractivity (Wildman–Crippen MR) is 58.4 cm³/mol. The maximum atomic E-state index is 12.8. The fourth-order valence-electron chi connectivity index (χ4n) is 0.961. The molecule has 1 aromatic rings. The highest BCUT2D eigenvalue weighted by Gasteiger charge is 1.98. The summed E-state index contributed by atoms with van der Waals surface area (Å²) in [5.74, 6) is -0.313. The van der Waals surface area contributed by atoms with Crippen LogP contribution in [0.1, 0.15) is 5.56 Å². The Morgan fingerprint density at radius 1 is 1.50 bits per heavy atom. The van der Waals surface area contributed by atoms with Crippen LogP contribution < -0.4 is 5.32 Å². The quantitative estimate of drug-likeness (QED) is 0.518. The SMILES string of the molecule is N=C/C=C\NCc1ccc(F)c(S)c1. The zero-order valence-corrected chi connectivity index (χ0v) is 8.39. The second kappa shape index (κ2) is 5.44. The molecule has 0 aliphatic carbocycles. The molecule has 0 unspecified atom stereocenters. The molecule has 2 nitrogen and oxygen atoms in total. The van der Waals surface area contributed by atoms with Crippen molar-refractivity contribution in [1.29, 1.82) is 5.41 Å². The Labute approximate surface area is 87.8 Å². The number of allylic oxidation sites excluding steroid dienone is 1. The highest BCUT2D eigenvalue weighted by molar-refractivity contribution is 7.80. The summed E-state index contributed by atoms with van der Waals surface area (Å²) in [6.45, 7) is 0.595. The van der Waals surface area contributed by atoms with Gasteiger partial charge in [0.15, 0.2) is 0 Å². The summed E-state index contributed by atoms with van der Waals surface area (Å²) in [7, 11) is 0. The lowest BCUT2D eigenvalue weighted by molar-refractivity contribution is 0.601. The van der Waals surface area contributed by atoms with Crippen LogP contribution >= 0.6 is 12.6 Å². The molecule has 0 saturated carbocycles. The van der Waals surface area contributed by atoms with Gasteiger partial charge in [-0.25, -0.2) is 4.39 Å². The molecule has 0 amide bonds. The first-order valence-corrected chi connectivity index (χ1v) is 4.55. The number of halogens is 1. The van der Waals surface area contributed by atoms with Crippen molar-refractivity contribution in [2.24, 2.45) is 0 Å². The first-order valence-electron chi connectivity index (χ1n) is 4.10. The summed E-state index contributed by atoms with van der Waals surface area (Å²) in [6, 6.07) is 4.75. The van der Waals surface area contributed by atoms with Gasteiger partial charge in [0.2, 0.25) is 0 Å². The zero-order chi connectivity index (χ0) is 10.4. The Kier molecular flexibility index (Phi) is 4.19. The molecule has 1 rings (SSSR count). The average Bonchev–Trinajstić information content (AvgIpc) is 2.18. The molecule has 14 heavy (non-hydrogen) atoms. The minimum atomic E-state index is -0.313.